The third-order valence-corrected chi connectivity index (χ3v) is 1.98. The maximum absolute atomic E-state index is 10.7. The number of benzene rings is 2. The minimum absolute atomic E-state index is 0.0694. The van der Waals surface area contributed by atoms with Gasteiger partial charge in [-0.2, -0.15) is 0 Å². The zero-order chi connectivity index (χ0) is 15.8. The van der Waals surface area contributed by atoms with Crippen molar-refractivity contribution in [3.63, 3.8) is 0 Å². The van der Waals surface area contributed by atoms with Gasteiger partial charge < -0.3 is 5.73 Å². The van der Waals surface area contributed by atoms with Gasteiger partial charge in [-0.25, -0.2) is 0 Å². The summed E-state index contributed by atoms with van der Waals surface area (Å²) < 4.78 is 0. The van der Waals surface area contributed by atoms with Crippen molar-refractivity contribution < 1.29 is 4.79 Å². The van der Waals surface area contributed by atoms with Gasteiger partial charge in [-0.15, -0.1) is 0 Å². The van der Waals surface area contributed by atoms with Gasteiger partial charge >= 0.3 is 0 Å². The summed E-state index contributed by atoms with van der Waals surface area (Å²) in [7, 11) is 0. The summed E-state index contributed by atoms with van der Waals surface area (Å²) in [6.07, 6.45) is 0. The fourth-order valence-corrected chi connectivity index (χ4v) is 1.10. The van der Waals surface area contributed by atoms with Gasteiger partial charge in [0.1, 0.15) is 0 Å². The van der Waals surface area contributed by atoms with Crippen molar-refractivity contribution in [1.82, 2.24) is 0 Å². The Labute approximate surface area is 123 Å². The first-order chi connectivity index (χ1) is 9.70. The molecule has 20 heavy (non-hydrogen) atoms. The monoisotopic (exact) mass is 273 g/mol. The van der Waals surface area contributed by atoms with Crippen LogP contribution < -0.4 is 5.73 Å². The Morgan fingerprint density at radius 2 is 1.05 bits per heavy atom. The normalized spacial score (nSPS) is 7.65. The molecule has 0 unspecified atom stereocenters. The number of Topliss-reactive ketones (excluding diaryl/α,β-unsaturated/α-hetero) is 1. The summed E-state index contributed by atoms with van der Waals surface area (Å²) in [5.74, 6) is 0.0694. The van der Waals surface area contributed by atoms with Gasteiger partial charge in [-0.05, 0) is 31.2 Å². The van der Waals surface area contributed by atoms with Crippen LogP contribution in [0.2, 0.25) is 0 Å². The van der Waals surface area contributed by atoms with Crippen molar-refractivity contribution in [1.29, 1.82) is 0 Å². The molecule has 0 saturated carbocycles. The second kappa shape index (κ2) is 15.0. The zero-order valence-corrected chi connectivity index (χ0v) is 13.3. The van der Waals surface area contributed by atoms with E-state index < -0.39 is 0 Å². The van der Waals surface area contributed by atoms with Crippen molar-refractivity contribution in [2.24, 2.45) is 0 Å². The van der Waals surface area contributed by atoms with Gasteiger partial charge in [0, 0.05) is 11.3 Å². The number of anilines is 1. The maximum atomic E-state index is 10.7. The Morgan fingerprint density at radius 1 is 0.750 bits per heavy atom. The SMILES string of the molecule is CC.CC.CC(=O)c1ccc(N)cc1.c1ccccc1. The lowest BCUT2D eigenvalue weighted by Gasteiger charge is -1.94. The second-order valence-electron chi connectivity index (χ2n) is 3.33. The summed E-state index contributed by atoms with van der Waals surface area (Å²) >= 11 is 0. The van der Waals surface area contributed by atoms with Crippen molar-refractivity contribution in [2.45, 2.75) is 34.6 Å². The lowest BCUT2D eigenvalue weighted by atomic mass is 10.1. The van der Waals surface area contributed by atoms with Crippen molar-refractivity contribution in [2.75, 3.05) is 5.73 Å². The molecule has 110 valence electrons. The van der Waals surface area contributed by atoms with Crippen LogP contribution in [0.25, 0.3) is 0 Å². The lowest BCUT2D eigenvalue weighted by molar-refractivity contribution is 0.101. The Bertz CT molecular complexity index is 394. The molecule has 0 spiro atoms. The summed E-state index contributed by atoms with van der Waals surface area (Å²) in [6.45, 7) is 9.53. The van der Waals surface area contributed by atoms with Crippen LogP contribution in [0.15, 0.2) is 60.7 Å². The number of ketones is 1. The van der Waals surface area contributed by atoms with Crippen molar-refractivity contribution in [3.8, 4) is 0 Å². The van der Waals surface area contributed by atoms with E-state index >= 15 is 0 Å². The molecule has 2 aromatic rings. The fraction of sp³-hybridized carbons (Fsp3) is 0.278. The van der Waals surface area contributed by atoms with Crippen LogP contribution in [0.4, 0.5) is 5.69 Å². The molecule has 0 amide bonds. The smallest absolute Gasteiger partial charge is 0.159 e. The van der Waals surface area contributed by atoms with E-state index in [0.29, 0.717) is 11.3 Å². The quantitative estimate of drug-likeness (QED) is 0.572. The van der Waals surface area contributed by atoms with E-state index in [4.69, 9.17) is 5.73 Å². The molecule has 0 aliphatic rings. The first-order valence-corrected chi connectivity index (χ1v) is 7.06. The van der Waals surface area contributed by atoms with Gasteiger partial charge in [-0.1, -0.05) is 64.1 Å². The van der Waals surface area contributed by atoms with E-state index in [9.17, 15) is 4.79 Å². The predicted octanol–water partition coefficient (Wildman–Crippen LogP) is 5.21. The van der Waals surface area contributed by atoms with E-state index in [1.165, 1.54) is 6.92 Å². The fourth-order valence-electron chi connectivity index (χ4n) is 1.10. The molecular weight excluding hydrogens is 246 g/mol. The molecule has 0 heterocycles. The van der Waals surface area contributed by atoms with Crippen LogP contribution in [0.5, 0.6) is 0 Å². The Kier molecular flexibility index (Phi) is 15.1. The van der Waals surface area contributed by atoms with Crippen LogP contribution in [0.3, 0.4) is 0 Å². The maximum Gasteiger partial charge on any atom is 0.159 e. The van der Waals surface area contributed by atoms with Gasteiger partial charge in [0.25, 0.3) is 0 Å². The molecule has 2 heteroatoms. The molecule has 0 radical (unpaired) electrons. The minimum atomic E-state index is 0.0694. The molecular formula is C18H27NO. The molecule has 2 nitrogen and oxygen atoms in total. The van der Waals surface area contributed by atoms with E-state index in [0.717, 1.165) is 0 Å². The number of rotatable bonds is 1. The van der Waals surface area contributed by atoms with Gasteiger partial charge in [0.2, 0.25) is 0 Å². The summed E-state index contributed by atoms with van der Waals surface area (Å²) in [5.41, 5.74) is 6.80. The standard InChI is InChI=1S/C8H9NO.C6H6.2C2H6/c1-6(10)7-2-4-8(9)5-3-7;1-2-4-6-5-3-1;2*1-2/h2-5H,9H2,1H3;1-6H;2*1-2H3. The highest BCUT2D eigenvalue weighted by molar-refractivity contribution is 5.94. The molecule has 0 aromatic heterocycles. The van der Waals surface area contributed by atoms with Crippen LogP contribution >= 0.6 is 0 Å². The second-order valence-corrected chi connectivity index (χ2v) is 3.33. The summed E-state index contributed by atoms with van der Waals surface area (Å²) in [5, 5.41) is 0. The Hall–Kier alpha value is -2.09. The average Bonchev–Trinajstić information content (AvgIpc) is 2.54. The number of hydrogen-bond donors (Lipinski definition) is 1. The number of carbonyl (C=O) groups is 1. The van der Waals surface area contributed by atoms with Gasteiger partial charge in [0.15, 0.2) is 5.78 Å². The van der Waals surface area contributed by atoms with Crippen LogP contribution in [0, 0.1) is 0 Å². The number of nitrogens with two attached hydrogens (primary N) is 1. The highest BCUT2D eigenvalue weighted by Crippen LogP contribution is 2.05. The molecule has 0 fully saturated rings. The number of carbonyl (C=O) groups excluding carboxylic acids is 1. The highest BCUT2D eigenvalue weighted by Gasteiger charge is 1.95. The van der Waals surface area contributed by atoms with Gasteiger partial charge in [-0.3, -0.25) is 4.79 Å². The lowest BCUT2D eigenvalue weighted by Crippen LogP contribution is -1.91. The molecule has 2 N–H and O–H groups in total. The highest BCUT2D eigenvalue weighted by atomic mass is 16.1. The third kappa shape index (κ3) is 11.0. The Morgan fingerprint density at radius 3 is 1.30 bits per heavy atom. The number of nitrogen functional groups attached to an aromatic ring is 1. The summed E-state index contributed by atoms with van der Waals surface area (Å²) in [4.78, 5) is 10.7. The summed E-state index contributed by atoms with van der Waals surface area (Å²) in [6, 6.07) is 18.9. The molecule has 0 atom stereocenters. The largest absolute Gasteiger partial charge is 0.399 e. The van der Waals surface area contributed by atoms with Crippen LogP contribution in [0.1, 0.15) is 45.0 Å². The van der Waals surface area contributed by atoms with E-state index in [1.807, 2.05) is 64.1 Å². The molecule has 0 saturated heterocycles. The zero-order valence-electron chi connectivity index (χ0n) is 13.3. The first-order valence-electron chi connectivity index (χ1n) is 7.06. The Balaban J connectivity index is 0. The van der Waals surface area contributed by atoms with Crippen LogP contribution in [-0.2, 0) is 0 Å². The molecule has 0 bridgehead atoms. The minimum Gasteiger partial charge on any atom is -0.399 e. The van der Waals surface area contributed by atoms with Crippen molar-refractivity contribution >= 4 is 11.5 Å². The van der Waals surface area contributed by atoms with E-state index in [2.05, 4.69) is 0 Å². The van der Waals surface area contributed by atoms with E-state index in [-0.39, 0.29) is 5.78 Å². The van der Waals surface area contributed by atoms with Gasteiger partial charge in [0.05, 0.1) is 0 Å². The van der Waals surface area contributed by atoms with E-state index in [1.54, 1.807) is 24.3 Å². The molecule has 0 aliphatic carbocycles. The topological polar surface area (TPSA) is 43.1 Å². The predicted molar refractivity (Wildman–Crippen MR) is 90.0 cm³/mol. The van der Waals surface area contributed by atoms with Crippen molar-refractivity contribution in [3.05, 3.63) is 66.2 Å². The van der Waals surface area contributed by atoms with Crippen LogP contribution in [-0.4, -0.2) is 5.78 Å². The first kappa shape index (κ1) is 20.2. The molecule has 0 aliphatic heterocycles. The number of hydrogen-bond acceptors (Lipinski definition) is 2. The molecule has 2 aromatic carbocycles. The average molecular weight is 273 g/mol. The molecule has 2 rings (SSSR count). The third-order valence-electron chi connectivity index (χ3n) is 1.98.